The lowest BCUT2D eigenvalue weighted by atomic mass is 9.35. The molecule has 0 amide bonds. The fourth-order valence-electron chi connectivity index (χ4n) is 5.18. The van der Waals surface area contributed by atoms with E-state index in [-0.39, 0.29) is 12.3 Å². The first-order chi connectivity index (χ1) is 17.3. The van der Waals surface area contributed by atoms with Gasteiger partial charge in [0.2, 0.25) is 5.90 Å². The molecule has 176 valence electrons. The van der Waals surface area contributed by atoms with E-state index in [0.29, 0.717) is 5.90 Å². The molecule has 4 aromatic rings. The van der Waals surface area contributed by atoms with E-state index in [1.165, 1.54) is 0 Å². The Labute approximate surface area is 210 Å². The number of rotatable bonds is 2. The third kappa shape index (κ3) is 3.03. The molecule has 3 aliphatic heterocycles. The first-order valence-corrected chi connectivity index (χ1v) is 12.3. The van der Waals surface area contributed by atoms with Crippen molar-refractivity contribution in [3.05, 3.63) is 84.7 Å². The van der Waals surface area contributed by atoms with Crippen molar-refractivity contribution >= 4 is 29.0 Å². The predicted octanol–water partition coefficient (Wildman–Crippen LogP) is 4.81. The minimum absolute atomic E-state index is 0.0640. The molecule has 36 heavy (non-hydrogen) atoms. The van der Waals surface area contributed by atoms with Gasteiger partial charge >= 0.3 is 0 Å². The van der Waals surface area contributed by atoms with Crippen molar-refractivity contribution < 1.29 is 14.2 Å². The lowest BCUT2D eigenvalue weighted by Crippen LogP contribution is -2.57. The summed E-state index contributed by atoms with van der Waals surface area (Å²) in [6.07, 6.45) is 3.66. The second-order valence-corrected chi connectivity index (χ2v) is 10.6. The van der Waals surface area contributed by atoms with E-state index in [1.54, 1.807) is 6.20 Å². The molecule has 5 nitrogen and oxygen atoms in total. The van der Waals surface area contributed by atoms with Gasteiger partial charge in [-0.15, -0.1) is 0 Å². The van der Waals surface area contributed by atoms with Crippen LogP contribution in [0.4, 0.5) is 0 Å². The molecule has 0 fully saturated rings. The van der Waals surface area contributed by atoms with Crippen molar-refractivity contribution in [2.24, 2.45) is 4.99 Å². The van der Waals surface area contributed by atoms with Gasteiger partial charge in [-0.05, 0) is 74.5 Å². The van der Waals surface area contributed by atoms with E-state index in [4.69, 9.17) is 19.2 Å². The largest absolute Gasteiger partial charge is 0.469 e. The smallest absolute Gasteiger partial charge is 0.260 e. The average Bonchev–Trinajstić information content (AvgIpc) is 3.10. The monoisotopic (exact) mass is 472 g/mol. The van der Waals surface area contributed by atoms with E-state index in [0.717, 1.165) is 56.1 Å². The summed E-state index contributed by atoms with van der Waals surface area (Å²) in [4.78, 5) is 9.38. The first kappa shape index (κ1) is 21.2. The number of benzene rings is 3. The van der Waals surface area contributed by atoms with Crippen LogP contribution in [-0.4, -0.2) is 28.7 Å². The number of hydrogen-bond donors (Lipinski definition) is 0. The van der Waals surface area contributed by atoms with Crippen LogP contribution < -0.4 is 25.9 Å². The molecule has 0 unspecified atom stereocenters. The van der Waals surface area contributed by atoms with Gasteiger partial charge in [0.05, 0.1) is 11.1 Å². The zero-order chi connectivity index (χ0) is 24.7. The normalized spacial score (nSPS) is 17.6. The van der Waals surface area contributed by atoms with Gasteiger partial charge in [0.25, 0.3) is 6.71 Å². The second kappa shape index (κ2) is 7.23. The van der Waals surface area contributed by atoms with E-state index in [1.807, 2.05) is 30.5 Å². The Morgan fingerprint density at radius 3 is 1.83 bits per heavy atom. The molecule has 0 aliphatic carbocycles. The van der Waals surface area contributed by atoms with Gasteiger partial charge in [0.15, 0.2) is 0 Å². The molecule has 0 N–H and O–H groups in total. The third-order valence-corrected chi connectivity index (χ3v) is 7.82. The number of pyridine rings is 1. The number of hydrogen-bond acceptors (Lipinski definition) is 5. The molecule has 4 heterocycles. The number of ether oxygens (including phenoxy) is 3. The number of para-hydroxylation sites is 2. The van der Waals surface area contributed by atoms with Crippen LogP contribution in [0.1, 0.15) is 33.3 Å². The SMILES string of the molecule is CC1(C)N=C(c2cncc(-c3cc4c5c(c3)Oc3ccccc3B5c3ccccc3O4)c2)OC1(C)C. The fraction of sp³-hybridized carbons (Fsp3) is 0.200. The van der Waals surface area contributed by atoms with Gasteiger partial charge in [0.1, 0.15) is 28.6 Å². The van der Waals surface area contributed by atoms with E-state index in [9.17, 15) is 0 Å². The molecule has 0 spiro atoms. The number of aromatic nitrogens is 1. The molecule has 0 saturated carbocycles. The topological polar surface area (TPSA) is 52.9 Å². The van der Waals surface area contributed by atoms with Gasteiger partial charge in [0, 0.05) is 23.4 Å². The van der Waals surface area contributed by atoms with Crippen molar-refractivity contribution in [2.45, 2.75) is 38.8 Å². The summed E-state index contributed by atoms with van der Waals surface area (Å²) < 4.78 is 19.1. The average molecular weight is 472 g/mol. The highest BCUT2D eigenvalue weighted by molar-refractivity contribution is 6.98. The summed E-state index contributed by atoms with van der Waals surface area (Å²) in [6, 6.07) is 22.7. The maximum atomic E-state index is 6.44. The van der Waals surface area contributed by atoms with Gasteiger partial charge in [-0.25, -0.2) is 4.99 Å². The van der Waals surface area contributed by atoms with Gasteiger partial charge in [-0.3, -0.25) is 4.98 Å². The minimum Gasteiger partial charge on any atom is -0.469 e. The van der Waals surface area contributed by atoms with Crippen molar-refractivity contribution in [3.8, 4) is 34.1 Å². The predicted molar refractivity (Wildman–Crippen MR) is 143 cm³/mol. The summed E-state index contributed by atoms with van der Waals surface area (Å²) in [5, 5.41) is 0. The molecule has 0 radical (unpaired) electrons. The number of aliphatic imine (C=N–C) groups is 1. The van der Waals surface area contributed by atoms with Crippen LogP contribution in [0, 0.1) is 0 Å². The maximum absolute atomic E-state index is 6.44. The summed E-state index contributed by atoms with van der Waals surface area (Å²) in [5.74, 6) is 3.99. The van der Waals surface area contributed by atoms with Crippen molar-refractivity contribution in [1.29, 1.82) is 0 Å². The van der Waals surface area contributed by atoms with Crippen LogP contribution in [0.25, 0.3) is 11.1 Å². The van der Waals surface area contributed by atoms with Crippen LogP contribution in [0.5, 0.6) is 23.0 Å². The van der Waals surface area contributed by atoms with Crippen molar-refractivity contribution in [2.75, 3.05) is 0 Å². The highest BCUT2D eigenvalue weighted by atomic mass is 16.5. The Morgan fingerprint density at radius 1 is 0.667 bits per heavy atom. The molecule has 6 heteroatoms. The Bertz CT molecular complexity index is 1520. The zero-order valence-corrected chi connectivity index (χ0v) is 20.7. The molecule has 0 saturated heterocycles. The summed E-state index contributed by atoms with van der Waals surface area (Å²) in [5.41, 5.74) is 5.41. The Balaban J connectivity index is 1.36. The van der Waals surface area contributed by atoms with Crippen LogP contribution in [-0.2, 0) is 4.74 Å². The number of fused-ring (bicyclic) bond motifs is 4. The van der Waals surface area contributed by atoms with E-state index in [2.05, 4.69) is 75.1 Å². The summed E-state index contributed by atoms with van der Waals surface area (Å²) >= 11 is 0. The lowest BCUT2D eigenvalue weighted by Gasteiger charge is -2.33. The van der Waals surface area contributed by atoms with E-state index < -0.39 is 5.60 Å². The Kier molecular flexibility index (Phi) is 4.27. The summed E-state index contributed by atoms with van der Waals surface area (Å²) in [7, 11) is 0. The Morgan fingerprint density at radius 2 is 1.25 bits per heavy atom. The first-order valence-electron chi connectivity index (χ1n) is 12.3. The standard InChI is InChI=1S/C30H25BN2O3/c1-29(2)30(3,4)36-28(33-29)20-13-19(16-32-17-20)18-14-25-27-26(15-18)35-24-12-8-6-10-22(24)31(27)21-9-5-7-11-23(21)34-25/h5-17H,1-4H3. The highest BCUT2D eigenvalue weighted by Crippen LogP contribution is 2.39. The zero-order valence-electron chi connectivity index (χ0n) is 20.7. The highest BCUT2D eigenvalue weighted by Gasteiger charge is 2.46. The second-order valence-electron chi connectivity index (χ2n) is 10.6. The molecule has 0 atom stereocenters. The van der Waals surface area contributed by atoms with Gasteiger partial charge < -0.3 is 14.2 Å². The van der Waals surface area contributed by atoms with Crippen LogP contribution in [0.15, 0.2) is 84.1 Å². The van der Waals surface area contributed by atoms with Crippen LogP contribution in [0.3, 0.4) is 0 Å². The molecular formula is C30H25BN2O3. The third-order valence-electron chi connectivity index (χ3n) is 7.82. The minimum atomic E-state index is -0.397. The van der Waals surface area contributed by atoms with Gasteiger partial charge in [-0.2, -0.15) is 0 Å². The molecule has 7 rings (SSSR count). The van der Waals surface area contributed by atoms with Crippen molar-refractivity contribution in [3.63, 3.8) is 0 Å². The molecule has 3 aliphatic rings. The number of nitrogens with zero attached hydrogens (tertiary/aromatic N) is 2. The van der Waals surface area contributed by atoms with E-state index >= 15 is 0 Å². The molecule has 0 bridgehead atoms. The lowest BCUT2D eigenvalue weighted by molar-refractivity contribution is 0.0619. The van der Waals surface area contributed by atoms with Crippen LogP contribution >= 0.6 is 0 Å². The molecule has 1 aromatic heterocycles. The summed E-state index contributed by atoms with van der Waals surface area (Å²) in [6.45, 7) is 8.37. The molecule has 3 aromatic carbocycles. The molecular weight excluding hydrogens is 447 g/mol. The van der Waals surface area contributed by atoms with Crippen LogP contribution in [0.2, 0.25) is 0 Å². The Hall–Kier alpha value is -4.06. The quantitative estimate of drug-likeness (QED) is 0.340. The van der Waals surface area contributed by atoms with Crippen molar-refractivity contribution in [1.82, 2.24) is 4.98 Å². The fourth-order valence-corrected chi connectivity index (χ4v) is 5.18. The van der Waals surface area contributed by atoms with Gasteiger partial charge in [-0.1, -0.05) is 36.4 Å². The maximum Gasteiger partial charge on any atom is 0.260 e.